The molecule has 5 heteroatoms. The third-order valence-corrected chi connectivity index (χ3v) is 4.13. The molecule has 1 unspecified atom stereocenters. The zero-order valence-electron chi connectivity index (χ0n) is 14.4. The average molecular weight is 337 g/mol. The van der Waals surface area contributed by atoms with E-state index in [1.165, 1.54) is 0 Å². The van der Waals surface area contributed by atoms with Crippen molar-refractivity contribution in [3.63, 3.8) is 0 Å². The van der Waals surface area contributed by atoms with Crippen LogP contribution in [-0.4, -0.2) is 47.5 Å². The van der Waals surface area contributed by atoms with Crippen molar-refractivity contribution in [2.45, 2.75) is 19.4 Å². The fourth-order valence-electron chi connectivity index (χ4n) is 2.93. The van der Waals surface area contributed by atoms with Crippen LogP contribution >= 0.6 is 0 Å². The van der Waals surface area contributed by atoms with E-state index in [-0.39, 0.29) is 12.5 Å². The van der Waals surface area contributed by atoms with Crippen LogP contribution in [0.25, 0.3) is 0 Å². The van der Waals surface area contributed by atoms with Gasteiger partial charge in [0.1, 0.15) is 0 Å². The summed E-state index contributed by atoms with van der Waals surface area (Å²) in [6, 6.07) is 19.6. The molecule has 3 rings (SSSR count). The van der Waals surface area contributed by atoms with Gasteiger partial charge in [-0.05, 0) is 24.6 Å². The van der Waals surface area contributed by atoms with Gasteiger partial charge in [-0.2, -0.15) is 5.10 Å². The third kappa shape index (κ3) is 4.45. The maximum Gasteiger partial charge on any atom is 0.262 e. The van der Waals surface area contributed by atoms with Crippen molar-refractivity contribution in [3.8, 4) is 0 Å². The Morgan fingerprint density at radius 2 is 1.80 bits per heavy atom. The predicted octanol–water partition coefficient (Wildman–Crippen LogP) is 2.51. The second kappa shape index (κ2) is 7.94. The minimum atomic E-state index is -0.519. The van der Waals surface area contributed by atoms with Gasteiger partial charge >= 0.3 is 0 Å². The van der Waals surface area contributed by atoms with Gasteiger partial charge in [0.15, 0.2) is 0 Å². The zero-order valence-corrected chi connectivity index (χ0v) is 14.4. The van der Waals surface area contributed by atoms with Gasteiger partial charge in [0.25, 0.3) is 5.91 Å². The van der Waals surface area contributed by atoms with Gasteiger partial charge in [0, 0.05) is 18.7 Å². The molecule has 0 aliphatic carbocycles. The van der Waals surface area contributed by atoms with E-state index in [9.17, 15) is 9.90 Å². The number of benzene rings is 2. The Morgan fingerprint density at radius 3 is 2.44 bits per heavy atom. The first kappa shape index (κ1) is 17.2. The van der Waals surface area contributed by atoms with Crippen LogP contribution in [0.3, 0.4) is 0 Å². The lowest BCUT2D eigenvalue weighted by molar-refractivity contribution is -0.129. The first-order valence-corrected chi connectivity index (χ1v) is 8.55. The van der Waals surface area contributed by atoms with Gasteiger partial charge in [0.2, 0.25) is 0 Å². The van der Waals surface area contributed by atoms with Crippen LogP contribution in [0.5, 0.6) is 0 Å². The molecule has 1 aliphatic rings. The summed E-state index contributed by atoms with van der Waals surface area (Å²) in [4.78, 5) is 14.6. The highest BCUT2D eigenvalue weighted by atomic mass is 16.3. The van der Waals surface area contributed by atoms with E-state index in [0.717, 1.165) is 23.4 Å². The standard InChI is InChI=1S/C20H23N3O2/c1-16(24)14-22(18-10-6-3-7-11-18)15-20(25)23-13-12-19(21-23)17-8-4-2-5-9-17/h2-11,16,24H,12-15H2,1H3. The van der Waals surface area contributed by atoms with Gasteiger partial charge in [-0.25, -0.2) is 5.01 Å². The summed E-state index contributed by atoms with van der Waals surface area (Å²) in [6.07, 6.45) is 0.243. The topological polar surface area (TPSA) is 56.1 Å². The Hall–Kier alpha value is -2.66. The highest BCUT2D eigenvalue weighted by molar-refractivity contribution is 6.02. The smallest absolute Gasteiger partial charge is 0.262 e. The van der Waals surface area contributed by atoms with E-state index in [0.29, 0.717) is 13.1 Å². The molecule has 0 spiro atoms. The largest absolute Gasteiger partial charge is 0.392 e. The maximum atomic E-state index is 12.7. The van der Waals surface area contributed by atoms with Gasteiger partial charge in [-0.3, -0.25) is 4.79 Å². The summed E-state index contributed by atoms with van der Waals surface area (Å²) in [5.74, 6) is -0.0598. The molecule has 1 heterocycles. The lowest BCUT2D eigenvalue weighted by Crippen LogP contribution is -2.40. The summed E-state index contributed by atoms with van der Waals surface area (Å²) in [5.41, 5.74) is 2.92. The highest BCUT2D eigenvalue weighted by Gasteiger charge is 2.23. The molecule has 0 saturated heterocycles. The summed E-state index contributed by atoms with van der Waals surface area (Å²) in [5, 5.41) is 15.8. The van der Waals surface area contributed by atoms with E-state index in [4.69, 9.17) is 0 Å². The van der Waals surface area contributed by atoms with Gasteiger partial charge in [-0.1, -0.05) is 48.5 Å². The minimum Gasteiger partial charge on any atom is -0.392 e. The molecule has 0 saturated carbocycles. The lowest BCUT2D eigenvalue weighted by atomic mass is 10.1. The Morgan fingerprint density at radius 1 is 1.16 bits per heavy atom. The van der Waals surface area contributed by atoms with Gasteiger partial charge in [0.05, 0.1) is 24.9 Å². The molecular weight excluding hydrogens is 314 g/mol. The number of hydrogen-bond acceptors (Lipinski definition) is 4. The first-order valence-electron chi connectivity index (χ1n) is 8.55. The molecule has 130 valence electrons. The fraction of sp³-hybridized carbons (Fsp3) is 0.300. The fourth-order valence-corrected chi connectivity index (χ4v) is 2.93. The van der Waals surface area contributed by atoms with Crippen molar-refractivity contribution in [3.05, 3.63) is 66.2 Å². The lowest BCUT2D eigenvalue weighted by Gasteiger charge is -2.26. The minimum absolute atomic E-state index is 0.0598. The van der Waals surface area contributed by atoms with Crippen molar-refractivity contribution in [2.75, 3.05) is 24.5 Å². The molecule has 0 fully saturated rings. The van der Waals surface area contributed by atoms with E-state index in [1.807, 2.05) is 65.6 Å². The molecule has 2 aromatic carbocycles. The molecule has 1 atom stereocenters. The van der Waals surface area contributed by atoms with Crippen LogP contribution in [0.15, 0.2) is 65.8 Å². The van der Waals surface area contributed by atoms with Crippen molar-refractivity contribution >= 4 is 17.3 Å². The second-order valence-corrected chi connectivity index (χ2v) is 6.24. The molecule has 1 N–H and O–H groups in total. The Labute approximate surface area is 148 Å². The Kier molecular flexibility index (Phi) is 5.46. The van der Waals surface area contributed by atoms with Crippen molar-refractivity contribution < 1.29 is 9.90 Å². The summed E-state index contributed by atoms with van der Waals surface area (Å²) in [7, 11) is 0. The summed E-state index contributed by atoms with van der Waals surface area (Å²) < 4.78 is 0. The number of carbonyl (C=O) groups excluding carboxylic acids is 1. The summed E-state index contributed by atoms with van der Waals surface area (Å²) in [6.45, 7) is 2.92. The van der Waals surface area contributed by atoms with Crippen LogP contribution in [0, 0.1) is 0 Å². The Bertz CT molecular complexity index is 729. The average Bonchev–Trinajstić information content (AvgIpc) is 3.12. The summed E-state index contributed by atoms with van der Waals surface area (Å²) >= 11 is 0. The number of nitrogens with zero attached hydrogens (tertiary/aromatic N) is 3. The molecule has 0 bridgehead atoms. The van der Waals surface area contributed by atoms with Gasteiger partial charge < -0.3 is 10.0 Å². The SMILES string of the molecule is CC(O)CN(CC(=O)N1CCC(c2ccccc2)=N1)c1ccccc1. The number of hydrogen-bond donors (Lipinski definition) is 1. The number of para-hydroxylation sites is 1. The van der Waals surface area contributed by atoms with E-state index in [1.54, 1.807) is 11.9 Å². The number of carbonyl (C=O) groups is 1. The first-order chi connectivity index (χ1) is 12.1. The number of aliphatic hydroxyl groups is 1. The molecule has 2 aromatic rings. The molecule has 1 aliphatic heterocycles. The normalized spacial score (nSPS) is 15.0. The van der Waals surface area contributed by atoms with Crippen molar-refractivity contribution in [2.24, 2.45) is 5.10 Å². The molecule has 5 nitrogen and oxygen atoms in total. The van der Waals surface area contributed by atoms with Crippen LogP contribution in [0.2, 0.25) is 0 Å². The van der Waals surface area contributed by atoms with E-state index in [2.05, 4.69) is 5.10 Å². The number of anilines is 1. The molecule has 1 amide bonds. The van der Waals surface area contributed by atoms with E-state index >= 15 is 0 Å². The van der Waals surface area contributed by atoms with Crippen LogP contribution in [0.4, 0.5) is 5.69 Å². The number of amides is 1. The molecule has 0 radical (unpaired) electrons. The van der Waals surface area contributed by atoms with Crippen LogP contribution in [-0.2, 0) is 4.79 Å². The van der Waals surface area contributed by atoms with Gasteiger partial charge in [-0.15, -0.1) is 0 Å². The number of aliphatic hydroxyl groups excluding tert-OH is 1. The second-order valence-electron chi connectivity index (χ2n) is 6.24. The maximum absolute atomic E-state index is 12.7. The molecular formula is C20H23N3O2. The molecule has 0 aromatic heterocycles. The van der Waals surface area contributed by atoms with Crippen LogP contribution < -0.4 is 4.90 Å². The zero-order chi connectivity index (χ0) is 17.6. The van der Waals surface area contributed by atoms with Crippen molar-refractivity contribution in [1.82, 2.24) is 5.01 Å². The molecule has 25 heavy (non-hydrogen) atoms. The number of rotatable bonds is 6. The van der Waals surface area contributed by atoms with Crippen LogP contribution in [0.1, 0.15) is 18.9 Å². The monoisotopic (exact) mass is 337 g/mol. The third-order valence-electron chi connectivity index (χ3n) is 4.13. The quantitative estimate of drug-likeness (QED) is 0.881. The van der Waals surface area contributed by atoms with E-state index < -0.39 is 6.10 Å². The number of hydrazone groups is 1. The van der Waals surface area contributed by atoms with Crippen molar-refractivity contribution in [1.29, 1.82) is 0 Å². The Balaban J connectivity index is 1.70. The predicted molar refractivity (Wildman–Crippen MR) is 99.6 cm³/mol. The highest BCUT2D eigenvalue weighted by Crippen LogP contribution is 2.17.